The van der Waals surface area contributed by atoms with E-state index >= 15 is 0 Å². The molecule has 10 nitrogen and oxygen atoms in total. The van der Waals surface area contributed by atoms with E-state index in [1.807, 2.05) is 13.8 Å². The number of carbonyl (C=O) groups excluding carboxylic acids is 3. The monoisotopic (exact) mass is 429 g/mol. The van der Waals surface area contributed by atoms with Crippen molar-refractivity contribution < 1.29 is 24.3 Å². The normalized spacial score (nSPS) is 12.6. The third-order valence-corrected chi connectivity index (χ3v) is 4.40. The van der Waals surface area contributed by atoms with Crippen molar-refractivity contribution >= 4 is 23.7 Å². The SMILES string of the molecule is CC(C)C[C@H](NC(=O)[C@@H](Cc1cnc[nH]1)NC(=O)CNC(=O)c1ccccc1)C(=O)O. The Kier molecular flexibility index (Phi) is 8.74. The molecule has 0 bridgehead atoms. The number of carboxylic acids is 1. The molecule has 0 aliphatic heterocycles. The highest BCUT2D eigenvalue weighted by atomic mass is 16.4. The molecular weight excluding hydrogens is 402 g/mol. The zero-order valence-electron chi connectivity index (χ0n) is 17.4. The molecule has 3 amide bonds. The molecule has 2 rings (SSSR count). The summed E-state index contributed by atoms with van der Waals surface area (Å²) in [5.74, 6) is -2.74. The molecule has 166 valence electrons. The first-order chi connectivity index (χ1) is 14.8. The minimum Gasteiger partial charge on any atom is -0.480 e. The van der Waals surface area contributed by atoms with Gasteiger partial charge in [0.1, 0.15) is 12.1 Å². The van der Waals surface area contributed by atoms with Crippen LogP contribution in [0.15, 0.2) is 42.9 Å². The van der Waals surface area contributed by atoms with E-state index in [2.05, 4.69) is 25.9 Å². The van der Waals surface area contributed by atoms with Gasteiger partial charge in [0.05, 0.1) is 12.9 Å². The van der Waals surface area contributed by atoms with E-state index in [1.54, 1.807) is 30.3 Å². The summed E-state index contributed by atoms with van der Waals surface area (Å²) >= 11 is 0. The minimum absolute atomic E-state index is 0.0512. The molecule has 1 aromatic carbocycles. The fraction of sp³-hybridized carbons (Fsp3) is 0.381. The Morgan fingerprint density at radius 1 is 1.06 bits per heavy atom. The quantitative estimate of drug-likeness (QED) is 0.350. The Morgan fingerprint density at radius 3 is 2.35 bits per heavy atom. The van der Waals surface area contributed by atoms with Crippen molar-refractivity contribution in [1.82, 2.24) is 25.9 Å². The number of benzene rings is 1. The predicted molar refractivity (Wildman–Crippen MR) is 112 cm³/mol. The molecule has 0 aliphatic rings. The number of carbonyl (C=O) groups is 4. The summed E-state index contributed by atoms with van der Waals surface area (Å²) in [7, 11) is 0. The standard InChI is InChI=1S/C21H27N5O5/c1-13(2)8-17(21(30)31)26-20(29)16(9-15-10-22-12-24-15)25-18(27)11-23-19(28)14-6-4-3-5-7-14/h3-7,10,12-13,16-17H,8-9,11H2,1-2H3,(H,22,24)(H,23,28)(H,25,27)(H,26,29)(H,30,31)/t16-,17+/m1/s1. The van der Waals surface area contributed by atoms with Gasteiger partial charge in [-0.15, -0.1) is 0 Å². The highest BCUT2D eigenvalue weighted by Crippen LogP contribution is 2.07. The molecule has 0 fully saturated rings. The molecule has 0 aliphatic carbocycles. The zero-order valence-corrected chi connectivity index (χ0v) is 17.4. The number of imidazole rings is 1. The highest BCUT2D eigenvalue weighted by molar-refractivity contribution is 5.97. The third-order valence-electron chi connectivity index (χ3n) is 4.40. The van der Waals surface area contributed by atoms with Gasteiger partial charge in [0.25, 0.3) is 5.91 Å². The Morgan fingerprint density at radius 2 is 1.77 bits per heavy atom. The molecule has 1 heterocycles. The van der Waals surface area contributed by atoms with Crippen LogP contribution in [0.25, 0.3) is 0 Å². The Hall–Kier alpha value is -3.69. The van der Waals surface area contributed by atoms with Crippen molar-refractivity contribution in [3.05, 3.63) is 54.1 Å². The number of rotatable bonds is 11. The van der Waals surface area contributed by atoms with Crippen LogP contribution in [0.3, 0.4) is 0 Å². The molecule has 0 saturated heterocycles. The van der Waals surface area contributed by atoms with Crippen molar-refractivity contribution in [1.29, 1.82) is 0 Å². The lowest BCUT2D eigenvalue weighted by atomic mass is 10.0. The second-order valence-corrected chi connectivity index (χ2v) is 7.48. The Labute approximate surface area is 179 Å². The van der Waals surface area contributed by atoms with Gasteiger partial charge >= 0.3 is 5.97 Å². The van der Waals surface area contributed by atoms with E-state index in [0.29, 0.717) is 11.3 Å². The number of aliphatic carboxylic acids is 1. The number of hydrogen-bond acceptors (Lipinski definition) is 5. The van der Waals surface area contributed by atoms with E-state index in [1.165, 1.54) is 12.5 Å². The average Bonchev–Trinajstić information content (AvgIpc) is 3.24. The number of hydrogen-bond donors (Lipinski definition) is 5. The Balaban J connectivity index is 2.01. The molecule has 1 aromatic heterocycles. The maximum Gasteiger partial charge on any atom is 0.326 e. The van der Waals surface area contributed by atoms with Crippen LogP contribution in [0.5, 0.6) is 0 Å². The lowest BCUT2D eigenvalue weighted by Gasteiger charge is -2.22. The van der Waals surface area contributed by atoms with Crippen molar-refractivity contribution in [3.63, 3.8) is 0 Å². The van der Waals surface area contributed by atoms with Gasteiger partial charge in [-0.25, -0.2) is 9.78 Å². The Bertz CT molecular complexity index is 883. The highest BCUT2D eigenvalue weighted by Gasteiger charge is 2.27. The van der Waals surface area contributed by atoms with Gasteiger partial charge < -0.3 is 26.0 Å². The van der Waals surface area contributed by atoms with Crippen LogP contribution in [0.4, 0.5) is 0 Å². The topological polar surface area (TPSA) is 153 Å². The van der Waals surface area contributed by atoms with Gasteiger partial charge in [-0.3, -0.25) is 14.4 Å². The molecule has 5 N–H and O–H groups in total. The van der Waals surface area contributed by atoms with Crippen LogP contribution in [-0.4, -0.2) is 57.4 Å². The number of amides is 3. The van der Waals surface area contributed by atoms with Crippen molar-refractivity contribution in [2.45, 2.75) is 38.8 Å². The lowest BCUT2D eigenvalue weighted by Crippen LogP contribution is -2.54. The zero-order chi connectivity index (χ0) is 22.8. The van der Waals surface area contributed by atoms with Crippen LogP contribution in [0.1, 0.15) is 36.3 Å². The van der Waals surface area contributed by atoms with Crippen LogP contribution >= 0.6 is 0 Å². The average molecular weight is 429 g/mol. The third kappa shape index (κ3) is 7.92. The number of carboxylic acid groups (broad SMARTS) is 1. The van der Waals surface area contributed by atoms with E-state index in [4.69, 9.17) is 0 Å². The number of H-pyrrole nitrogens is 1. The molecule has 31 heavy (non-hydrogen) atoms. The maximum absolute atomic E-state index is 12.8. The van der Waals surface area contributed by atoms with Gasteiger partial charge in [0.15, 0.2) is 0 Å². The first kappa shape index (κ1) is 23.6. The second-order valence-electron chi connectivity index (χ2n) is 7.48. The van der Waals surface area contributed by atoms with E-state index in [0.717, 1.165) is 0 Å². The van der Waals surface area contributed by atoms with Crippen LogP contribution in [0.2, 0.25) is 0 Å². The lowest BCUT2D eigenvalue weighted by molar-refractivity contribution is -0.142. The number of nitrogens with one attached hydrogen (secondary N) is 4. The minimum atomic E-state index is -1.15. The van der Waals surface area contributed by atoms with Crippen LogP contribution in [-0.2, 0) is 20.8 Å². The molecule has 0 unspecified atom stereocenters. The van der Waals surface area contributed by atoms with Gasteiger partial charge in [0.2, 0.25) is 11.8 Å². The van der Waals surface area contributed by atoms with Gasteiger partial charge in [-0.05, 0) is 24.5 Å². The molecule has 2 aromatic rings. The number of aromatic nitrogens is 2. The summed E-state index contributed by atoms with van der Waals surface area (Å²) in [5.41, 5.74) is 0.990. The molecule has 0 spiro atoms. The first-order valence-corrected chi connectivity index (χ1v) is 9.89. The van der Waals surface area contributed by atoms with Crippen molar-refractivity contribution in [3.8, 4) is 0 Å². The molecule has 0 radical (unpaired) electrons. The second kappa shape index (κ2) is 11.5. The molecular formula is C21H27N5O5. The largest absolute Gasteiger partial charge is 0.480 e. The summed E-state index contributed by atoms with van der Waals surface area (Å²) < 4.78 is 0. The summed E-state index contributed by atoms with van der Waals surface area (Å²) in [5, 5.41) is 16.9. The summed E-state index contributed by atoms with van der Waals surface area (Å²) in [6, 6.07) is 6.28. The molecule has 10 heteroatoms. The van der Waals surface area contributed by atoms with Gasteiger partial charge in [0, 0.05) is 23.9 Å². The fourth-order valence-corrected chi connectivity index (χ4v) is 2.89. The molecule has 2 atom stereocenters. The summed E-state index contributed by atoms with van der Waals surface area (Å²) in [6.45, 7) is 3.36. The maximum atomic E-state index is 12.8. The summed E-state index contributed by atoms with van der Waals surface area (Å²) in [6.07, 6.45) is 3.27. The number of nitrogens with zero attached hydrogens (tertiary/aromatic N) is 1. The first-order valence-electron chi connectivity index (χ1n) is 9.89. The predicted octanol–water partition coefficient (Wildman–Crippen LogP) is 0.483. The van der Waals surface area contributed by atoms with E-state index in [9.17, 15) is 24.3 Å². The smallest absolute Gasteiger partial charge is 0.326 e. The van der Waals surface area contributed by atoms with Crippen molar-refractivity contribution in [2.75, 3.05) is 6.54 Å². The van der Waals surface area contributed by atoms with Gasteiger partial charge in [-0.2, -0.15) is 0 Å². The van der Waals surface area contributed by atoms with Crippen LogP contribution in [0, 0.1) is 5.92 Å². The van der Waals surface area contributed by atoms with E-state index < -0.39 is 35.8 Å². The summed E-state index contributed by atoms with van der Waals surface area (Å²) in [4.78, 5) is 55.4. The fourth-order valence-electron chi connectivity index (χ4n) is 2.89. The van der Waals surface area contributed by atoms with Crippen molar-refractivity contribution in [2.24, 2.45) is 5.92 Å². The number of aromatic amines is 1. The van der Waals surface area contributed by atoms with Gasteiger partial charge in [-0.1, -0.05) is 32.0 Å². The van der Waals surface area contributed by atoms with E-state index in [-0.39, 0.29) is 25.3 Å². The molecule has 0 saturated carbocycles. The van der Waals surface area contributed by atoms with Crippen LogP contribution < -0.4 is 16.0 Å².